The number of nitrogens with one attached hydrogen (secondary N) is 1. The first kappa shape index (κ1) is 16.2. The third-order valence-corrected chi connectivity index (χ3v) is 4.37. The number of amides is 1. The molecular formula is C19H21NO4. The van der Waals surface area contributed by atoms with E-state index >= 15 is 0 Å². The van der Waals surface area contributed by atoms with E-state index in [2.05, 4.69) is 11.4 Å². The average molecular weight is 327 g/mol. The average Bonchev–Trinajstić information content (AvgIpc) is 2.89. The fraction of sp³-hybridized carbons (Fsp3) is 0.316. The first-order valence-electron chi connectivity index (χ1n) is 7.77. The molecule has 0 aromatic heterocycles. The second kappa shape index (κ2) is 6.43. The molecule has 2 aromatic carbocycles. The van der Waals surface area contributed by atoms with Gasteiger partial charge in [0.1, 0.15) is 5.75 Å². The Bertz CT molecular complexity index is 785. The van der Waals surface area contributed by atoms with Gasteiger partial charge in [0.2, 0.25) is 5.91 Å². The van der Waals surface area contributed by atoms with Gasteiger partial charge in [0.25, 0.3) is 0 Å². The quantitative estimate of drug-likeness (QED) is 0.915. The van der Waals surface area contributed by atoms with E-state index in [4.69, 9.17) is 14.2 Å². The van der Waals surface area contributed by atoms with Crippen LogP contribution in [-0.4, -0.2) is 27.2 Å². The van der Waals surface area contributed by atoms with Gasteiger partial charge in [-0.15, -0.1) is 0 Å². The second-order valence-electron chi connectivity index (χ2n) is 5.86. The monoisotopic (exact) mass is 327 g/mol. The lowest BCUT2D eigenvalue weighted by Gasteiger charge is -2.16. The van der Waals surface area contributed by atoms with E-state index in [1.165, 1.54) is 0 Å². The van der Waals surface area contributed by atoms with Gasteiger partial charge in [-0.3, -0.25) is 4.79 Å². The topological polar surface area (TPSA) is 56.8 Å². The van der Waals surface area contributed by atoms with E-state index in [1.807, 2.05) is 25.1 Å². The molecule has 3 rings (SSSR count). The van der Waals surface area contributed by atoms with Crippen molar-refractivity contribution >= 4 is 11.6 Å². The Hall–Kier alpha value is -2.69. The molecule has 24 heavy (non-hydrogen) atoms. The number of carbonyl (C=O) groups excluding carboxylic acids is 1. The molecule has 0 spiro atoms. The lowest BCUT2D eigenvalue weighted by Crippen LogP contribution is -2.15. The third-order valence-electron chi connectivity index (χ3n) is 4.37. The molecule has 126 valence electrons. The minimum Gasteiger partial charge on any atom is -0.496 e. The Morgan fingerprint density at radius 1 is 0.958 bits per heavy atom. The molecule has 0 saturated heterocycles. The molecule has 1 aliphatic heterocycles. The van der Waals surface area contributed by atoms with E-state index in [0.717, 1.165) is 22.4 Å². The third kappa shape index (κ3) is 2.77. The summed E-state index contributed by atoms with van der Waals surface area (Å²) in [4.78, 5) is 12.4. The lowest BCUT2D eigenvalue weighted by molar-refractivity contribution is -0.117. The van der Waals surface area contributed by atoms with Crippen LogP contribution in [0.3, 0.4) is 0 Å². The molecule has 2 aromatic rings. The lowest BCUT2D eigenvalue weighted by atomic mass is 9.91. The summed E-state index contributed by atoms with van der Waals surface area (Å²) in [6.45, 7) is 2.02. The van der Waals surface area contributed by atoms with Gasteiger partial charge in [-0.2, -0.15) is 0 Å². The number of methoxy groups -OCH3 is 3. The van der Waals surface area contributed by atoms with E-state index in [-0.39, 0.29) is 11.8 Å². The number of anilines is 1. The van der Waals surface area contributed by atoms with E-state index in [0.29, 0.717) is 23.7 Å². The Balaban J connectivity index is 2.00. The van der Waals surface area contributed by atoms with Crippen molar-refractivity contribution in [3.05, 3.63) is 47.0 Å². The standard InChI is InChI=1S/C19H21NO4/c1-11-5-6-15-13(7-11)14(19(21)20-15)8-12-9-17(23-3)18(24-4)10-16(12)22-2/h5-7,9-10,14H,8H2,1-4H3,(H,20,21)/t14-/m1/s1. The summed E-state index contributed by atoms with van der Waals surface area (Å²) in [5.41, 5.74) is 3.95. The molecule has 5 heteroatoms. The second-order valence-corrected chi connectivity index (χ2v) is 5.86. The summed E-state index contributed by atoms with van der Waals surface area (Å²) in [6.07, 6.45) is 0.534. The molecule has 0 bridgehead atoms. The molecule has 1 N–H and O–H groups in total. The van der Waals surface area contributed by atoms with Gasteiger partial charge in [0.15, 0.2) is 11.5 Å². The summed E-state index contributed by atoms with van der Waals surface area (Å²) < 4.78 is 16.2. The van der Waals surface area contributed by atoms with Crippen LogP contribution in [0.4, 0.5) is 5.69 Å². The molecule has 1 heterocycles. The van der Waals surface area contributed by atoms with Crippen LogP contribution in [-0.2, 0) is 11.2 Å². The number of aryl methyl sites for hydroxylation is 1. The summed E-state index contributed by atoms with van der Waals surface area (Å²) in [5.74, 6) is 1.67. The highest BCUT2D eigenvalue weighted by atomic mass is 16.5. The van der Waals surface area contributed by atoms with Crippen LogP contribution >= 0.6 is 0 Å². The van der Waals surface area contributed by atoms with Crippen LogP contribution < -0.4 is 19.5 Å². The van der Waals surface area contributed by atoms with Crippen molar-refractivity contribution in [2.45, 2.75) is 19.3 Å². The Morgan fingerprint density at radius 2 is 1.62 bits per heavy atom. The van der Waals surface area contributed by atoms with Gasteiger partial charge < -0.3 is 19.5 Å². The number of rotatable bonds is 5. The van der Waals surface area contributed by atoms with Gasteiger partial charge in [0.05, 0.1) is 27.2 Å². The van der Waals surface area contributed by atoms with Crippen molar-refractivity contribution in [3.63, 3.8) is 0 Å². The number of benzene rings is 2. The predicted molar refractivity (Wildman–Crippen MR) is 92.4 cm³/mol. The zero-order chi connectivity index (χ0) is 17.3. The molecule has 0 fully saturated rings. The van der Waals surface area contributed by atoms with Gasteiger partial charge >= 0.3 is 0 Å². The van der Waals surface area contributed by atoms with Crippen LogP contribution in [0.2, 0.25) is 0 Å². The highest BCUT2D eigenvalue weighted by Crippen LogP contribution is 2.40. The van der Waals surface area contributed by atoms with Crippen molar-refractivity contribution in [2.24, 2.45) is 0 Å². The molecule has 5 nitrogen and oxygen atoms in total. The minimum absolute atomic E-state index is 0.00689. The zero-order valence-corrected chi connectivity index (χ0v) is 14.3. The first-order chi connectivity index (χ1) is 11.6. The van der Waals surface area contributed by atoms with Crippen LogP contribution in [0.5, 0.6) is 17.2 Å². The van der Waals surface area contributed by atoms with E-state index in [9.17, 15) is 4.79 Å². The van der Waals surface area contributed by atoms with Crippen molar-refractivity contribution in [1.82, 2.24) is 0 Å². The summed E-state index contributed by atoms with van der Waals surface area (Å²) >= 11 is 0. The number of fused-ring (bicyclic) bond motifs is 1. The Morgan fingerprint density at radius 3 is 2.29 bits per heavy atom. The van der Waals surface area contributed by atoms with Crippen molar-refractivity contribution in [2.75, 3.05) is 26.6 Å². The molecule has 0 radical (unpaired) electrons. The van der Waals surface area contributed by atoms with Crippen LogP contribution in [0.25, 0.3) is 0 Å². The smallest absolute Gasteiger partial charge is 0.232 e. The maximum absolute atomic E-state index is 12.4. The minimum atomic E-state index is -0.244. The number of hydrogen-bond donors (Lipinski definition) is 1. The number of ether oxygens (including phenoxy) is 3. The van der Waals surface area contributed by atoms with Crippen LogP contribution in [0.1, 0.15) is 22.6 Å². The molecule has 1 aliphatic rings. The van der Waals surface area contributed by atoms with E-state index < -0.39 is 0 Å². The number of carbonyl (C=O) groups is 1. The summed E-state index contributed by atoms with van der Waals surface area (Å²) in [5, 5.41) is 2.95. The molecule has 0 aliphatic carbocycles. The van der Waals surface area contributed by atoms with Crippen molar-refractivity contribution in [3.8, 4) is 17.2 Å². The van der Waals surface area contributed by atoms with Gasteiger partial charge in [-0.05, 0) is 36.6 Å². The molecule has 0 unspecified atom stereocenters. The molecular weight excluding hydrogens is 306 g/mol. The fourth-order valence-corrected chi connectivity index (χ4v) is 3.12. The van der Waals surface area contributed by atoms with Crippen molar-refractivity contribution in [1.29, 1.82) is 0 Å². The Labute approximate surface area is 141 Å². The fourth-order valence-electron chi connectivity index (χ4n) is 3.12. The highest BCUT2D eigenvalue weighted by molar-refractivity contribution is 6.03. The number of hydrogen-bond acceptors (Lipinski definition) is 4. The van der Waals surface area contributed by atoms with E-state index in [1.54, 1.807) is 27.4 Å². The molecule has 0 saturated carbocycles. The summed E-state index contributed by atoms with van der Waals surface area (Å²) in [7, 11) is 4.78. The first-order valence-corrected chi connectivity index (χ1v) is 7.77. The largest absolute Gasteiger partial charge is 0.496 e. The van der Waals surface area contributed by atoms with Gasteiger partial charge in [-0.1, -0.05) is 17.7 Å². The van der Waals surface area contributed by atoms with Crippen molar-refractivity contribution < 1.29 is 19.0 Å². The maximum atomic E-state index is 12.4. The molecule has 1 atom stereocenters. The maximum Gasteiger partial charge on any atom is 0.232 e. The zero-order valence-electron chi connectivity index (χ0n) is 14.3. The normalized spacial score (nSPS) is 15.7. The van der Waals surface area contributed by atoms with Gasteiger partial charge in [0, 0.05) is 11.8 Å². The highest BCUT2D eigenvalue weighted by Gasteiger charge is 2.31. The predicted octanol–water partition coefficient (Wildman–Crippen LogP) is 3.30. The van der Waals surface area contributed by atoms with Crippen LogP contribution in [0, 0.1) is 6.92 Å². The molecule has 1 amide bonds. The SMILES string of the molecule is COc1cc(OC)c(OC)cc1C[C@H]1C(=O)Nc2ccc(C)cc21. The Kier molecular flexibility index (Phi) is 4.34. The van der Waals surface area contributed by atoms with Crippen LogP contribution in [0.15, 0.2) is 30.3 Å². The summed E-state index contributed by atoms with van der Waals surface area (Å²) in [6, 6.07) is 9.68. The van der Waals surface area contributed by atoms with Gasteiger partial charge in [-0.25, -0.2) is 0 Å².